The first-order valence-electron chi connectivity index (χ1n) is 12.2. The normalized spacial score (nSPS) is 14.2. The number of carbonyl (C=O) groups excluding carboxylic acids is 2. The van der Waals surface area contributed by atoms with Crippen molar-refractivity contribution < 1.29 is 9.59 Å². The minimum absolute atomic E-state index is 0.280. The zero-order valence-electron chi connectivity index (χ0n) is 20.6. The number of carbonyl (C=O) groups is 2. The highest BCUT2D eigenvalue weighted by Gasteiger charge is 2.16. The minimum Gasteiger partial charge on any atom is -0.369 e. The van der Waals surface area contributed by atoms with Gasteiger partial charge in [-0.1, -0.05) is 12.1 Å². The number of fused-ring (bicyclic) bond motifs is 1. The van der Waals surface area contributed by atoms with E-state index in [2.05, 4.69) is 42.7 Å². The average Bonchev–Trinajstić information content (AvgIpc) is 3.30. The van der Waals surface area contributed by atoms with Crippen LogP contribution in [0.2, 0.25) is 0 Å². The van der Waals surface area contributed by atoms with E-state index in [1.54, 1.807) is 18.3 Å². The molecule has 1 fully saturated rings. The summed E-state index contributed by atoms with van der Waals surface area (Å²) in [7, 11) is 2.12. The van der Waals surface area contributed by atoms with Crippen molar-refractivity contribution in [2.75, 3.05) is 48.8 Å². The number of aromatic nitrogens is 3. The van der Waals surface area contributed by atoms with Crippen molar-refractivity contribution in [2.24, 2.45) is 0 Å². The van der Waals surface area contributed by atoms with Crippen LogP contribution in [-0.4, -0.2) is 65.1 Å². The molecule has 0 aliphatic carbocycles. The molecule has 1 saturated heterocycles. The molecule has 9 heteroatoms. The number of amides is 2. The first-order chi connectivity index (χ1) is 18.0. The predicted octanol–water partition coefficient (Wildman–Crippen LogP) is 3.85. The molecule has 0 spiro atoms. The molecule has 2 aromatic heterocycles. The van der Waals surface area contributed by atoms with Crippen molar-refractivity contribution in [1.82, 2.24) is 20.1 Å². The summed E-state index contributed by atoms with van der Waals surface area (Å²) >= 11 is 0. The lowest BCUT2D eigenvalue weighted by molar-refractivity contribution is -0.123. The van der Waals surface area contributed by atoms with E-state index >= 15 is 0 Å². The Labute approximate surface area is 215 Å². The van der Waals surface area contributed by atoms with Gasteiger partial charge in [0, 0.05) is 54.8 Å². The second-order valence-electron chi connectivity index (χ2n) is 9.07. The van der Waals surface area contributed by atoms with Gasteiger partial charge in [-0.2, -0.15) is 5.10 Å². The van der Waals surface area contributed by atoms with E-state index in [4.69, 9.17) is 0 Å². The molecule has 4 aromatic rings. The number of aromatic amines is 1. The molecule has 1 aliphatic rings. The van der Waals surface area contributed by atoms with E-state index in [-0.39, 0.29) is 18.2 Å². The van der Waals surface area contributed by atoms with Gasteiger partial charge in [0.05, 0.1) is 16.9 Å². The Morgan fingerprint density at radius 1 is 0.919 bits per heavy atom. The van der Waals surface area contributed by atoms with Crippen LogP contribution >= 0.6 is 0 Å². The molecule has 0 saturated carbocycles. The Kier molecular flexibility index (Phi) is 7.23. The van der Waals surface area contributed by atoms with Gasteiger partial charge in [0.1, 0.15) is 6.42 Å². The third-order valence-electron chi connectivity index (χ3n) is 6.30. The van der Waals surface area contributed by atoms with Crippen LogP contribution in [0.3, 0.4) is 0 Å². The second kappa shape index (κ2) is 11.0. The summed E-state index contributed by atoms with van der Waals surface area (Å²) in [4.78, 5) is 33.9. The summed E-state index contributed by atoms with van der Waals surface area (Å²) in [5.74, 6) is -0.751. The number of hydrogen-bond acceptors (Lipinski definition) is 6. The predicted molar refractivity (Wildman–Crippen MR) is 147 cm³/mol. The van der Waals surface area contributed by atoms with E-state index in [0.717, 1.165) is 54.2 Å². The molecule has 0 radical (unpaired) electrons. The first kappa shape index (κ1) is 24.2. The third kappa shape index (κ3) is 6.20. The van der Waals surface area contributed by atoms with E-state index in [0.29, 0.717) is 11.4 Å². The molecule has 0 atom stereocenters. The van der Waals surface area contributed by atoms with Gasteiger partial charge in [-0.3, -0.25) is 19.7 Å². The fraction of sp³-hybridized carbons (Fsp3) is 0.214. The number of nitrogens with one attached hydrogen (secondary N) is 3. The molecule has 2 amide bonds. The van der Waals surface area contributed by atoms with Gasteiger partial charge in [-0.25, -0.2) is 0 Å². The summed E-state index contributed by atoms with van der Waals surface area (Å²) in [6.45, 7) is 3.90. The topological polar surface area (TPSA) is 106 Å². The number of pyridine rings is 1. The lowest BCUT2D eigenvalue weighted by Gasteiger charge is -2.34. The smallest absolute Gasteiger partial charge is 0.233 e. The molecule has 3 heterocycles. The molecule has 2 aromatic carbocycles. The van der Waals surface area contributed by atoms with Crippen molar-refractivity contribution in [3.63, 3.8) is 0 Å². The van der Waals surface area contributed by atoms with Crippen LogP contribution < -0.4 is 15.5 Å². The Hall–Kier alpha value is -4.50. The second-order valence-corrected chi connectivity index (χ2v) is 9.07. The highest BCUT2D eigenvalue weighted by atomic mass is 16.2. The monoisotopic (exact) mass is 495 g/mol. The summed E-state index contributed by atoms with van der Waals surface area (Å²) < 4.78 is 0. The van der Waals surface area contributed by atoms with Crippen LogP contribution in [0.4, 0.5) is 17.1 Å². The Bertz CT molecular complexity index is 1420. The van der Waals surface area contributed by atoms with E-state index in [1.165, 1.54) is 0 Å². The highest BCUT2D eigenvalue weighted by Crippen LogP contribution is 2.23. The van der Waals surface area contributed by atoms with Gasteiger partial charge in [-0.15, -0.1) is 0 Å². The number of rotatable bonds is 7. The largest absolute Gasteiger partial charge is 0.369 e. The molecule has 0 unspecified atom stereocenters. The summed E-state index contributed by atoms with van der Waals surface area (Å²) in [5.41, 5.74) is 4.73. The number of likely N-dealkylation sites (N-methyl/N-ethyl adjacent to an activating group) is 1. The molecular weight excluding hydrogens is 466 g/mol. The maximum Gasteiger partial charge on any atom is 0.233 e. The average molecular weight is 496 g/mol. The van der Waals surface area contributed by atoms with Gasteiger partial charge in [0.2, 0.25) is 11.8 Å². The molecule has 3 N–H and O–H groups in total. The van der Waals surface area contributed by atoms with Gasteiger partial charge in [-0.05, 0) is 67.7 Å². The lowest BCUT2D eigenvalue weighted by Crippen LogP contribution is -2.44. The van der Waals surface area contributed by atoms with Crippen LogP contribution in [0.1, 0.15) is 17.8 Å². The van der Waals surface area contributed by atoms with Gasteiger partial charge >= 0.3 is 0 Å². The zero-order valence-corrected chi connectivity index (χ0v) is 20.6. The molecule has 9 nitrogen and oxygen atoms in total. The lowest BCUT2D eigenvalue weighted by atomic mass is 10.1. The van der Waals surface area contributed by atoms with Gasteiger partial charge < -0.3 is 20.4 Å². The van der Waals surface area contributed by atoms with E-state index in [1.807, 2.05) is 60.7 Å². The van der Waals surface area contributed by atoms with E-state index in [9.17, 15) is 9.59 Å². The van der Waals surface area contributed by atoms with Crippen molar-refractivity contribution in [1.29, 1.82) is 0 Å². The highest BCUT2D eigenvalue weighted by molar-refractivity contribution is 6.08. The maximum atomic E-state index is 12.5. The minimum atomic E-state index is -0.387. The van der Waals surface area contributed by atoms with Crippen LogP contribution in [0, 0.1) is 0 Å². The summed E-state index contributed by atoms with van der Waals surface area (Å²) in [6.07, 6.45) is 5.24. The van der Waals surface area contributed by atoms with Gasteiger partial charge in [0.15, 0.2) is 0 Å². The van der Waals surface area contributed by atoms with Crippen LogP contribution in [0.5, 0.6) is 0 Å². The summed E-state index contributed by atoms with van der Waals surface area (Å²) in [6, 6.07) is 18.9. The first-order valence-corrected chi connectivity index (χ1v) is 12.2. The zero-order chi connectivity index (χ0) is 25.6. The Balaban J connectivity index is 1.17. The number of anilines is 3. The van der Waals surface area contributed by atoms with Crippen LogP contribution in [0.15, 0.2) is 66.9 Å². The molecule has 1 aliphatic heterocycles. The fourth-order valence-electron chi connectivity index (χ4n) is 4.29. The quantitative estimate of drug-likeness (QED) is 0.336. The van der Waals surface area contributed by atoms with Crippen molar-refractivity contribution in [3.05, 3.63) is 78.2 Å². The number of nitrogens with zero attached hydrogens (tertiary/aromatic N) is 4. The molecule has 5 rings (SSSR count). The number of benzene rings is 2. The molecule has 0 bridgehead atoms. The van der Waals surface area contributed by atoms with Crippen molar-refractivity contribution in [3.8, 4) is 0 Å². The molecule has 188 valence electrons. The molecular formula is C28H29N7O2. The van der Waals surface area contributed by atoms with Crippen molar-refractivity contribution in [2.45, 2.75) is 6.42 Å². The number of piperazine rings is 1. The SMILES string of the molecule is CN1CCN(c2cccc(NC(=O)CC(=O)Nc3ccc4c(/C=C/c5ccccn5)n[nH]c4c3)c2)CC1. The number of hydrogen-bond donors (Lipinski definition) is 3. The third-order valence-corrected chi connectivity index (χ3v) is 6.30. The summed E-state index contributed by atoms with van der Waals surface area (Å²) in [5, 5.41) is 13.9. The fourth-order valence-corrected chi connectivity index (χ4v) is 4.29. The standard InChI is InChI=1S/C28H29N7O2/c1-34-13-15-35(16-14-34)23-7-4-6-21(17-23)30-27(36)19-28(37)31-22-8-10-24-25(32-33-26(24)18-22)11-9-20-5-2-3-12-29-20/h2-12,17-18H,13-16,19H2,1H3,(H,30,36)(H,31,37)(H,32,33)/b11-9+. The van der Waals surface area contributed by atoms with Crippen LogP contribution in [-0.2, 0) is 9.59 Å². The van der Waals surface area contributed by atoms with Crippen molar-refractivity contribution >= 4 is 51.9 Å². The maximum absolute atomic E-state index is 12.5. The van der Waals surface area contributed by atoms with Crippen LogP contribution in [0.25, 0.3) is 23.1 Å². The Morgan fingerprint density at radius 2 is 1.70 bits per heavy atom. The van der Waals surface area contributed by atoms with Gasteiger partial charge in [0.25, 0.3) is 0 Å². The molecule has 37 heavy (non-hydrogen) atoms. The number of H-pyrrole nitrogens is 1. The van der Waals surface area contributed by atoms with E-state index < -0.39 is 0 Å². The Morgan fingerprint density at radius 3 is 2.46 bits per heavy atom.